The lowest BCUT2D eigenvalue weighted by molar-refractivity contribution is -0.118. The number of aromatic nitrogens is 1. The van der Waals surface area contributed by atoms with Crippen LogP contribution in [0.2, 0.25) is 0 Å². The Labute approximate surface area is 206 Å². The third-order valence-corrected chi connectivity index (χ3v) is 10.1. The van der Waals surface area contributed by atoms with E-state index < -0.39 is 0 Å². The number of rotatable bonds is 6. The van der Waals surface area contributed by atoms with E-state index in [0.717, 1.165) is 32.9 Å². The highest BCUT2D eigenvalue weighted by molar-refractivity contribution is 8.00. The Bertz CT molecular complexity index is 1270. The maximum absolute atomic E-state index is 12.6. The molecule has 3 aromatic rings. The predicted octanol–water partition coefficient (Wildman–Crippen LogP) is 5.11. The minimum absolute atomic E-state index is 0.00656. The summed E-state index contributed by atoms with van der Waals surface area (Å²) in [5.41, 5.74) is 1.78. The van der Waals surface area contributed by atoms with Gasteiger partial charge in [-0.3, -0.25) is 9.59 Å². The van der Waals surface area contributed by atoms with Crippen LogP contribution in [0.4, 0.5) is 5.69 Å². The van der Waals surface area contributed by atoms with Crippen LogP contribution in [0.5, 0.6) is 11.5 Å². The van der Waals surface area contributed by atoms with Gasteiger partial charge in [0.2, 0.25) is 0 Å². The molecule has 0 radical (unpaired) electrons. The summed E-state index contributed by atoms with van der Waals surface area (Å²) in [4.78, 5) is 29.1. The van der Waals surface area contributed by atoms with Crippen molar-refractivity contribution in [3.63, 3.8) is 0 Å². The van der Waals surface area contributed by atoms with Crippen LogP contribution < -0.4 is 19.7 Å². The minimum atomic E-state index is -0.219. The third-order valence-electron chi connectivity index (χ3n) is 7.45. The number of methoxy groups -OCH3 is 1. The average Bonchev–Trinajstić information content (AvgIpc) is 3.56. The topological polar surface area (TPSA) is 80.4 Å². The molecule has 34 heavy (non-hydrogen) atoms. The second kappa shape index (κ2) is 8.82. The zero-order valence-electron chi connectivity index (χ0n) is 18.8. The van der Waals surface area contributed by atoms with Crippen molar-refractivity contribution in [2.24, 2.45) is 17.8 Å². The Morgan fingerprint density at radius 1 is 1.12 bits per heavy atom. The van der Waals surface area contributed by atoms with E-state index in [0.29, 0.717) is 22.8 Å². The number of hydrogen-bond acceptors (Lipinski definition) is 6. The molecular formula is C26H26N2O4S2. The smallest absolute Gasteiger partial charge is 0.305 e. The first-order valence-electron chi connectivity index (χ1n) is 11.7. The van der Waals surface area contributed by atoms with Gasteiger partial charge >= 0.3 is 4.87 Å². The highest BCUT2D eigenvalue weighted by Crippen LogP contribution is 2.64. The van der Waals surface area contributed by atoms with Crippen molar-refractivity contribution >= 4 is 34.7 Å². The van der Waals surface area contributed by atoms with Crippen LogP contribution in [0.3, 0.4) is 0 Å². The Morgan fingerprint density at radius 2 is 1.91 bits per heavy atom. The molecule has 2 N–H and O–H groups in total. The number of nitrogens with one attached hydrogen (secondary N) is 2. The molecule has 5 atom stereocenters. The number of aromatic amines is 1. The molecule has 6 nitrogen and oxygen atoms in total. The molecule has 2 bridgehead atoms. The summed E-state index contributed by atoms with van der Waals surface area (Å²) in [5.74, 6) is 3.27. The Kier molecular flexibility index (Phi) is 5.65. The van der Waals surface area contributed by atoms with Crippen molar-refractivity contribution in [1.82, 2.24) is 4.98 Å². The summed E-state index contributed by atoms with van der Waals surface area (Å²) in [6, 6.07) is 15.2. The SMILES string of the molecule is COc1ccc(NC(=O)COc2ccccc2[C@@H]2c3sc(=O)[nH]c3S[C@@H]3[C@@H]4CC[C@H](C4)[C@H]23)cc1. The summed E-state index contributed by atoms with van der Waals surface area (Å²) in [6.45, 7) is -0.0825. The van der Waals surface area contributed by atoms with Gasteiger partial charge in [-0.15, -0.1) is 11.8 Å². The molecule has 2 aromatic carbocycles. The summed E-state index contributed by atoms with van der Waals surface area (Å²) in [6.07, 6.45) is 3.84. The lowest BCUT2D eigenvalue weighted by Crippen LogP contribution is -2.34. The van der Waals surface area contributed by atoms with Crippen LogP contribution >= 0.6 is 23.1 Å². The number of carbonyl (C=O) groups is 1. The van der Waals surface area contributed by atoms with Crippen molar-refractivity contribution in [1.29, 1.82) is 0 Å². The van der Waals surface area contributed by atoms with E-state index in [1.54, 1.807) is 31.4 Å². The summed E-state index contributed by atoms with van der Waals surface area (Å²) in [5, 5.41) is 4.44. The number of ether oxygens (including phenoxy) is 2. The summed E-state index contributed by atoms with van der Waals surface area (Å²) < 4.78 is 11.3. The number of benzene rings is 2. The van der Waals surface area contributed by atoms with Gasteiger partial charge in [0.15, 0.2) is 6.61 Å². The Balaban J connectivity index is 1.25. The molecular weight excluding hydrogens is 468 g/mol. The van der Waals surface area contributed by atoms with E-state index in [1.807, 2.05) is 30.0 Å². The first kappa shape index (κ1) is 21.8. The molecule has 2 heterocycles. The lowest BCUT2D eigenvalue weighted by Gasteiger charge is -2.40. The number of para-hydroxylation sites is 1. The van der Waals surface area contributed by atoms with Crippen molar-refractivity contribution in [3.8, 4) is 11.5 Å². The number of thioether (sulfide) groups is 1. The van der Waals surface area contributed by atoms with E-state index in [-0.39, 0.29) is 23.3 Å². The number of fused-ring (bicyclic) bond motifs is 6. The molecule has 2 fully saturated rings. The molecule has 6 rings (SSSR count). The molecule has 0 unspecified atom stereocenters. The largest absolute Gasteiger partial charge is 0.497 e. The zero-order chi connectivity index (χ0) is 23.2. The summed E-state index contributed by atoms with van der Waals surface area (Å²) in [7, 11) is 1.61. The van der Waals surface area contributed by atoms with Crippen molar-refractivity contribution in [2.75, 3.05) is 19.0 Å². The lowest BCUT2D eigenvalue weighted by atomic mass is 9.74. The second-order valence-corrected chi connectivity index (χ2v) is 11.5. The number of amides is 1. The van der Waals surface area contributed by atoms with Crippen LogP contribution in [0.1, 0.15) is 35.6 Å². The van der Waals surface area contributed by atoms with Gasteiger partial charge in [0.1, 0.15) is 11.5 Å². The fraction of sp³-hybridized carbons (Fsp3) is 0.385. The van der Waals surface area contributed by atoms with Crippen LogP contribution in [0.15, 0.2) is 58.4 Å². The highest BCUT2D eigenvalue weighted by atomic mass is 32.2. The van der Waals surface area contributed by atoms with Crippen LogP contribution in [-0.2, 0) is 4.79 Å². The molecule has 0 saturated heterocycles. The molecule has 0 spiro atoms. The molecule has 1 amide bonds. The van der Waals surface area contributed by atoms with Gasteiger partial charge in [0, 0.05) is 27.3 Å². The molecule has 3 aliphatic rings. The number of carbonyl (C=O) groups excluding carboxylic acids is 1. The van der Waals surface area contributed by atoms with Crippen LogP contribution in [-0.4, -0.2) is 29.9 Å². The zero-order valence-corrected chi connectivity index (χ0v) is 20.4. The first-order chi connectivity index (χ1) is 16.6. The second-order valence-electron chi connectivity index (χ2n) is 9.28. The number of hydrogen-bond donors (Lipinski definition) is 2. The monoisotopic (exact) mass is 494 g/mol. The maximum atomic E-state index is 12.6. The fourth-order valence-electron chi connectivity index (χ4n) is 6.08. The number of anilines is 1. The van der Waals surface area contributed by atoms with Gasteiger partial charge in [-0.05, 0) is 67.3 Å². The molecule has 2 aliphatic carbocycles. The third kappa shape index (κ3) is 3.82. The Morgan fingerprint density at radius 3 is 2.74 bits per heavy atom. The standard InChI is InChI=1S/C26H26N2O4S2/c1-31-17-10-8-16(9-11-17)27-20(29)13-32-19-5-3-2-4-18(19)22-21-14-6-7-15(12-14)23(21)33-25-24(22)34-26(30)28-25/h2-5,8-11,14-15,21-23H,6-7,12-13H2,1H3,(H,27,29)(H,28,30)/t14-,15-,21-,22+,23-/m1/s1. The molecule has 1 aromatic heterocycles. The predicted molar refractivity (Wildman–Crippen MR) is 134 cm³/mol. The van der Waals surface area contributed by atoms with E-state index in [4.69, 9.17) is 9.47 Å². The number of thiazole rings is 1. The average molecular weight is 495 g/mol. The fourth-order valence-corrected chi connectivity index (χ4v) is 8.97. The normalized spacial score (nSPS) is 26.6. The van der Waals surface area contributed by atoms with Gasteiger partial charge in [-0.25, -0.2) is 0 Å². The highest BCUT2D eigenvalue weighted by Gasteiger charge is 2.55. The van der Waals surface area contributed by atoms with E-state index >= 15 is 0 Å². The van der Waals surface area contributed by atoms with Gasteiger partial charge in [0.05, 0.1) is 12.1 Å². The maximum Gasteiger partial charge on any atom is 0.305 e. The van der Waals surface area contributed by atoms with Gasteiger partial charge in [-0.2, -0.15) is 0 Å². The van der Waals surface area contributed by atoms with Gasteiger partial charge < -0.3 is 19.8 Å². The first-order valence-corrected chi connectivity index (χ1v) is 13.4. The van der Waals surface area contributed by atoms with Crippen molar-refractivity contribution in [3.05, 3.63) is 68.6 Å². The molecule has 2 saturated carbocycles. The van der Waals surface area contributed by atoms with E-state index in [1.165, 1.54) is 30.6 Å². The van der Waals surface area contributed by atoms with Gasteiger partial charge in [0.25, 0.3) is 5.91 Å². The van der Waals surface area contributed by atoms with Crippen LogP contribution in [0, 0.1) is 17.8 Å². The number of H-pyrrole nitrogens is 1. The van der Waals surface area contributed by atoms with Crippen LogP contribution in [0.25, 0.3) is 0 Å². The molecule has 1 aliphatic heterocycles. The summed E-state index contributed by atoms with van der Waals surface area (Å²) >= 11 is 3.21. The molecule has 176 valence electrons. The van der Waals surface area contributed by atoms with E-state index in [9.17, 15) is 9.59 Å². The molecule has 8 heteroatoms. The quantitative estimate of drug-likeness (QED) is 0.498. The Hall–Kier alpha value is -2.71. The van der Waals surface area contributed by atoms with Crippen molar-refractivity contribution in [2.45, 2.75) is 35.5 Å². The van der Waals surface area contributed by atoms with E-state index in [2.05, 4.69) is 16.4 Å². The van der Waals surface area contributed by atoms with Crippen molar-refractivity contribution < 1.29 is 14.3 Å². The van der Waals surface area contributed by atoms with Gasteiger partial charge in [-0.1, -0.05) is 29.5 Å². The minimum Gasteiger partial charge on any atom is -0.497 e.